The molecule has 1 N–H and O–H groups in total. The van der Waals surface area contributed by atoms with E-state index in [1.165, 1.54) is 17.4 Å². The fourth-order valence-electron chi connectivity index (χ4n) is 3.69. The Hall–Kier alpha value is -2.35. The number of hydrogen-bond donors (Lipinski definition) is 1. The number of amides is 2. The highest BCUT2D eigenvalue weighted by Gasteiger charge is 2.41. The molecule has 0 radical (unpaired) electrons. The van der Waals surface area contributed by atoms with Gasteiger partial charge in [0.1, 0.15) is 0 Å². The van der Waals surface area contributed by atoms with Crippen molar-refractivity contribution in [3.05, 3.63) is 57.8 Å². The second kappa shape index (κ2) is 9.20. The first-order valence-electron chi connectivity index (χ1n) is 9.94. The van der Waals surface area contributed by atoms with Crippen LogP contribution in [0.2, 0.25) is 0 Å². The van der Waals surface area contributed by atoms with Crippen molar-refractivity contribution in [2.75, 3.05) is 19.6 Å². The number of carbonyl (C=O) groups excluding carboxylic acids is 2. The Morgan fingerprint density at radius 2 is 1.97 bits per heavy atom. The van der Waals surface area contributed by atoms with Gasteiger partial charge in [0, 0.05) is 25.6 Å². The van der Waals surface area contributed by atoms with Crippen molar-refractivity contribution in [3.8, 4) is 0 Å². The normalized spacial score (nSPS) is 19.3. The van der Waals surface area contributed by atoms with E-state index in [0.29, 0.717) is 22.9 Å². The molecule has 1 saturated heterocycles. The zero-order valence-corrected chi connectivity index (χ0v) is 17.7. The van der Waals surface area contributed by atoms with Crippen LogP contribution in [0, 0.1) is 11.8 Å². The van der Waals surface area contributed by atoms with Gasteiger partial charge in [0.15, 0.2) is 0 Å². The third-order valence-electron chi connectivity index (χ3n) is 5.34. The van der Waals surface area contributed by atoms with Gasteiger partial charge in [0.25, 0.3) is 5.91 Å². The lowest BCUT2D eigenvalue weighted by atomic mass is 9.87. The van der Waals surface area contributed by atoms with E-state index in [2.05, 4.69) is 19.2 Å². The lowest BCUT2D eigenvalue weighted by Gasteiger charge is -2.19. The molecule has 2 aromatic rings. The number of halogens is 3. The lowest BCUT2D eigenvalue weighted by molar-refractivity contribution is -0.137. The molecule has 1 aromatic carbocycles. The molecule has 2 amide bonds. The van der Waals surface area contributed by atoms with Crippen LogP contribution in [0.25, 0.3) is 0 Å². The largest absolute Gasteiger partial charge is 0.416 e. The molecule has 2 heterocycles. The standard InChI is InChI=1S/C22H25F3N2O2S/c1-14(2)8-9-26-20(28)18-13-27(21(29)19-7-4-10-30-19)12-17(18)15-5-3-6-16(11-15)22(23,24)25/h3-7,10-11,14,17-18H,8-9,12-13H2,1-2H3,(H,26,28)/t17-,18-/m1/s1. The summed E-state index contributed by atoms with van der Waals surface area (Å²) in [6, 6.07) is 8.56. The number of rotatable bonds is 6. The number of carbonyl (C=O) groups is 2. The van der Waals surface area contributed by atoms with Crippen molar-refractivity contribution in [2.24, 2.45) is 11.8 Å². The van der Waals surface area contributed by atoms with Gasteiger partial charge >= 0.3 is 6.18 Å². The maximum absolute atomic E-state index is 13.2. The van der Waals surface area contributed by atoms with Crippen LogP contribution in [0.4, 0.5) is 13.2 Å². The van der Waals surface area contributed by atoms with Gasteiger partial charge in [-0.25, -0.2) is 0 Å². The van der Waals surface area contributed by atoms with Crippen LogP contribution < -0.4 is 5.32 Å². The van der Waals surface area contributed by atoms with E-state index in [0.717, 1.165) is 18.6 Å². The summed E-state index contributed by atoms with van der Waals surface area (Å²) < 4.78 is 39.6. The van der Waals surface area contributed by atoms with Crippen LogP contribution in [-0.2, 0) is 11.0 Å². The van der Waals surface area contributed by atoms with Gasteiger partial charge in [-0.2, -0.15) is 13.2 Å². The van der Waals surface area contributed by atoms with E-state index in [9.17, 15) is 22.8 Å². The molecule has 4 nitrogen and oxygen atoms in total. The molecule has 30 heavy (non-hydrogen) atoms. The Morgan fingerprint density at radius 1 is 1.20 bits per heavy atom. The molecule has 162 valence electrons. The van der Waals surface area contributed by atoms with Crippen LogP contribution in [0.1, 0.15) is 47.0 Å². The molecule has 0 unspecified atom stereocenters. The number of nitrogens with zero attached hydrogens (tertiary/aromatic N) is 1. The quantitative estimate of drug-likeness (QED) is 0.705. The maximum atomic E-state index is 13.2. The minimum atomic E-state index is -4.46. The Kier molecular flexibility index (Phi) is 6.85. The Labute approximate surface area is 178 Å². The summed E-state index contributed by atoms with van der Waals surface area (Å²) in [4.78, 5) is 27.8. The number of nitrogens with one attached hydrogen (secondary N) is 1. The monoisotopic (exact) mass is 438 g/mol. The third-order valence-corrected chi connectivity index (χ3v) is 6.20. The van der Waals surface area contributed by atoms with Gasteiger partial charge in [-0.05, 0) is 35.4 Å². The van der Waals surface area contributed by atoms with Crippen LogP contribution in [0.15, 0.2) is 41.8 Å². The summed E-state index contributed by atoms with van der Waals surface area (Å²) in [7, 11) is 0. The highest BCUT2D eigenvalue weighted by Crippen LogP contribution is 2.37. The predicted octanol–water partition coefficient (Wildman–Crippen LogP) is 4.79. The maximum Gasteiger partial charge on any atom is 0.416 e. The van der Waals surface area contributed by atoms with E-state index in [4.69, 9.17) is 0 Å². The minimum absolute atomic E-state index is 0.186. The van der Waals surface area contributed by atoms with Gasteiger partial charge in [0.2, 0.25) is 5.91 Å². The van der Waals surface area contributed by atoms with Gasteiger partial charge in [0.05, 0.1) is 16.4 Å². The lowest BCUT2D eigenvalue weighted by Crippen LogP contribution is -2.36. The zero-order valence-electron chi connectivity index (χ0n) is 16.9. The number of benzene rings is 1. The van der Waals surface area contributed by atoms with Crippen molar-refractivity contribution < 1.29 is 22.8 Å². The molecular weight excluding hydrogens is 413 g/mol. The van der Waals surface area contributed by atoms with Crippen molar-refractivity contribution >= 4 is 23.2 Å². The highest BCUT2D eigenvalue weighted by molar-refractivity contribution is 7.12. The molecule has 1 aliphatic heterocycles. The molecule has 0 spiro atoms. The summed E-state index contributed by atoms with van der Waals surface area (Å²) in [5.74, 6) is -1.08. The molecule has 2 atom stereocenters. The average molecular weight is 439 g/mol. The van der Waals surface area contributed by atoms with E-state index in [-0.39, 0.29) is 24.9 Å². The topological polar surface area (TPSA) is 49.4 Å². The van der Waals surface area contributed by atoms with Crippen molar-refractivity contribution in [1.29, 1.82) is 0 Å². The smallest absolute Gasteiger partial charge is 0.356 e. The van der Waals surface area contributed by atoms with Crippen LogP contribution in [-0.4, -0.2) is 36.3 Å². The second-order valence-electron chi connectivity index (χ2n) is 8.00. The van der Waals surface area contributed by atoms with Crippen LogP contribution >= 0.6 is 11.3 Å². The summed E-state index contributed by atoms with van der Waals surface area (Å²) in [5, 5.41) is 4.69. The first-order valence-corrected chi connectivity index (χ1v) is 10.8. The van der Waals surface area contributed by atoms with Gasteiger partial charge < -0.3 is 10.2 Å². The van der Waals surface area contributed by atoms with E-state index < -0.39 is 23.6 Å². The summed E-state index contributed by atoms with van der Waals surface area (Å²) in [6.07, 6.45) is -3.65. The first-order chi connectivity index (χ1) is 14.2. The minimum Gasteiger partial charge on any atom is -0.356 e. The molecule has 3 rings (SSSR count). The van der Waals surface area contributed by atoms with Crippen molar-refractivity contribution in [3.63, 3.8) is 0 Å². The molecule has 1 aromatic heterocycles. The van der Waals surface area contributed by atoms with Crippen LogP contribution in [0.3, 0.4) is 0 Å². The zero-order chi connectivity index (χ0) is 21.9. The molecular formula is C22H25F3N2O2S. The average Bonchev–Trinajstić information content (AvgIpc) is 3.37. The summed E-state index contributed by atoms with van der Waals surface area (Å²) >= 11 is 1.31. The van der Waals surface area contributed by atoms with Gasteiger partial charge in [-0.15, -0.1) is 11.3 Å². The number of likely N-dealkylation sites (tertiary alicyclic amines) is 1. The van der Waals surface area contributed by atoms with E-state index in [1.54, 1.807) is 28.5 Å². The molecule has 0 bridgehead atoms. The number of alkyl halides is 3. The van der Waals surface area contributed by atoms with Crippen molar-refractivity contribution in [1.82, 2.24) is 10.2 Å². The molecule has 8 heteroatoms. The molecule has 1 aliphatic rings. The Bertz CT molecular complexity index is 881. The van der Waals surface area contributed by atoms with Crippen LogP contribution in [0.5, 0.6) is 0 Å². The highest BCUT2D eigenvalue weighted by atomic mass is 32.1. The Balaban J connectivity index is 1.85. The van der Waals surface area contributed by atoms with Gasteiger partial charge in [-0.3, -0.25) is 9.59 Å². The number of thiophene rings is 1. The third kappa shape index (κ3) is 5.22. The summed E-state index contributed by atoms with van der Waals surface area (Å²) in [6.45, 7) is 5.00. The van der Waals surface area contributed by atoms with E-state index in [1.807, 2.05) is 0 Å². The first kappa shape index (κ1) is 22.3. The molecule has 0 aliphatic carbocycles. The summed E-state index contributed by atoms with van der Waals surface area (Å²) in [5.41, 5.74) is -0.322. The Morgan fingerprint density at radius 3 is 2.60 bits per heavy atom. The number of hydrogen-bond acceptors (Lipinski definition) is 3. The second-order valence-corrected chi connectivity index (χ2v) is 8.94. The van der Waals surface area contributed by atoms with Gasteiger partial charge in [-0.1, -0.05) is 38.1 Å². The fraction of sp³-hybridized carbons (Fsp3) is 0.455. The fourth-order valence-corrected chi connectivity index (χ4v) is 4.38. The molecule has 1 fully saturated rings. The predicted molar refractivity (Wildman–Crippen MR) is 110 cm³/mol. The molecule has 0 saturated carbocycles. The van der Waals surface area contributed by atoms with E-state index >= 15 is 0 Å². The SMILES string of the molecule is CC(C)CCNC(=O)[C@@H]1CN(C(=O)c2cccs2)C[C@@H]1c1cccc(C(F)(F)F)c1. The van der Waals surface area contributed by atoms with Crippen molar-refractivity contribution in [2.45, 2.75) is 32.4 Å².